The maximum absolute atomic E-state index is 12.4. The van der Waals surface area contributed by atoms with E-state index in [1.807, 2.05) is 6.92 Å². The van der Waals surface area contributed by atoms with Crippen molar-refractivity contribution in [1.29, 1.82) is 0 Å². The Balaban J connectivity index is 2.30. The fourth-order valence-corrected chi connectivity index (χ4v) is 3.39. The van der Waals surface area contributed by atoms with E-state index in [2.05, 4.69) is 10.2 Å². The summed E-state index contributed by atoms with van der Waals surface area (Å²) >= 11 is 1.51. The summed E-state index contributed by atoms with van der Waals surface area (Å²) in [6.45, 7) is 3.70. The van der Waals surface area contributed by atoms with Gasteiger partial charge in [0.15, 0.2) is 0 Å². The van der Waals surface area contributed by atoms with Crippen LogP contribution in [-0.4, -0.2) is 49.2 Å². The fraction of sp³-hybridized carbons (Fsp3) is 0.545. The first-order chi connectivity index (χ1) is 8.56. The van der Waals surface area contributed by atoms with Crippen molar-refractivity contribution in [3.63, 3.8) is 0 Å². The number of carbonyl (C=O) groups excluding carboxylic acids is 1. The lowest BCUT2D eigenvalue weighted by Crippen LogP contribution is -2.45. The van der Waals surface area contributed by atoms with Crippen molar-refractivity contribution < 1.29 is 14.7 Å². The summed E-state index contributed by atoms with van der Waals surface area (Å²) in [5.41, 5.74) is 1.11. The fourth-order valence-electron chi connectivity index (χ4n) is 2.05. The number of rotatable bonds is 3. The van der Waals surface area contributed by atoms with E-state index in [0.717, 1.165) is 6.42 Å². The number of aromatic amines is 1. The van der Waals surface area contributed by atoms with Gasteiger partial charge in [0, 0.05) is 11.4 Å². The maximum Gasteiger partial charge on any atom is 0.327 e. The molecule has 2 heterocycles. The standard InChI is InChI=1S/C11H15N3O3S/c1-3-9-14(8(5-18-9)11(16)17)10(15)7-4-12-13-6(7)2/h4,8-9H,3,5H2,1-2H3,(H,12,13)(H,16,17). The zero-order chi connectivity index (χ0) is 13.3. The smallest absolute Gasteiger partial charge is 0.327 e. The number of carboxylic acid groups (broad SMARTS) is 1. The Morgan fingerprint density at radius 1 is 1.67 bits per heavy atom. The molecular formula is C11H15N3O3S. The van der Waals surface area contributed by atoms with Crippen LogP contribution in [-0.2, 0) is 4.79 Å². The second kappa shape index (κ2) is 5.01. The van der Waals surface area contributed by atoms with Crippen LogP contribution in [0, 0.1) is 6.92 Å². The van der Waals surface area contributed by atoms with E-state index in [1.54, 1.807) is 6.92 Å². The molecule has 98 valence electrons. The molecular weight excluding hydrogens is 254 g/mol. The number of H-pyrrole nitrogens is 1. The molecule has 0 aromatic carbocycles. The zero-order valence-corrected chi connectivity index (χ0v) is 11.0. The van der Waals surface area contributed by atoms with E-state index in [9.17, 15) is 14.7 Å². The monoisotopic (exact) mass is 269 g/mol. The van der Waals surface area contributed by atoms with Gasteiger partial charge in [0.1, 0.15) is 6.04 Å². The highest BCUT2D eigenvalue weighted by atomic mass is 32.2. The molecule has 1 fully saturated rings. The summed E-state index contributed by atoms with van der Waals surface area (Å²) in [5.74, 6) is -0.769. The topological polar surface area (TPSA) is 86.3 Å². The van der Waals surface area contributed by atoms with Gasteiger partial charge < -0.3 is 10.0 Å². The predicted octanol–water partition coefficient (Wildman–Crippen LogP) is 1.10. The zero-order valence-electron chi connectivity index (χ0n) is 10.2. The molecule has 18 heavy (non-hydrogen) atoms. The number of nitrogens with zero attached hydrogens (tertiary/aromatic N) is 2. The van der Waals surface area contributed by atoms with Crippen molar-refractivity contribution >= 4 is 23.6 Å². The van der Waals surface area contributed by atoms with Gasteiger partial charge in [0.2, 0.25) is 0 Å². The number of nitrogens with one attached hydrogen (secondary N) is 1. The SMILES string of the molecule is CCC1SCC(C(=O)O)N1C(=O)c1cn[nH]c1C. The van der Waals surface area contributed by atoms with Crippen LogP contribution < -0.4 is 0 Å². The Morgan fingerprint density at radius 2 is 2.39 bits per heavy atom. The van der Waals surface area contributed by atoms with Gasteiger partial charge in [-0.05, 0) is 13.3 Å². The van der Waals surface area contributed by atoms with Gasteiger partial charge in [0.05, 0.1) is 17.1 Å². The van der Waals surface area contributed by atoms with Crippen LogP contribution >= 0.6 is 11.8 Å². The van der Waals surface area contributed by atoms with Crippen LogP contribution in [0.25, 0.3) is 0 Å². The van der Waals surface area contributed by atoms with Crippen molar-refractivity contribution in [2.75, 3.05) is 5.75 Å². The molecule has 1 amide bonds. The van der Waals surface area contributed by atoms with Gasteiger partial charge >= 0.3 is 5.97 Å². The third-order valence-electron chi connectivity index (χ3n) is 3.02. The summed E-state index contributed by atoms with van der Waals surface area (Å²) in [7, 11) is 0. The first-order valence-corrected chi connectivity index (χ1v) is 6.78. The number of aryl methyl sites for hydroxylation is 1. The number of carboxylic acids is 1. The Kier molecular flexibility index (Phi) is 3.60. The molecule has 1 aromatic rings. The minimum Gasteiger partial charge on any atom is -0.480 e. The van der Waals surface area contributed by atoms with Crippen LogP contribution in [0.3, 0.4) is 0 Å². The van der Waals surface area contributed by atoms with Gasteiger partial charge in [-0.1, -0.05) is 6.92 Å². The molecule has 2 atom stereocenters. The van der Waals surface area contributed by atoms with E-state index in [1.165, 1.54) is 22.9 Å². The van der Waals surface area contributed by atoms with Crippen LogP contribution in [0.5, 0.6) is 0 Å². The van der Waals surface area contributed by atoms with Crippen LogP contribution in [0.4, 0.5) is 0 Å². The van der Waals surface area contributed by atoms with Crippen molar-refractivity contribution in [2.24, 2.45) is 0 Å². The van der Waals surface area contributed by atoms with E-state index >= 15 is 0 Å². The van der Waals surface area contributed by atoms with E-state index in [4.69, 9.17) is 0 Å². The first-order valence-electron chi connectivity index (χ1n) is 5.73. The lowest BCUT2D eigenvalue weighted by Gasteiger charge is -2.26. The highest BCUT2D eigenvalue weighted by molar-refractivity contribution is 8.00. The van der Waals surface area contributed by atoms with Crippen molar-refractivity contribution in [3.05, 3.63) is 17.5 Å². The number of aromatic nitrogens is 2. The molecule has 1 aliphatic rings. The number of thioether (sulfide) groups is 1. The summed E-state index contributed by atoms with van der Waals surface area (Å²) in [6.07, 6.45) is 2.18. The summed E-state index contributed by atoms with van der Waals surface area (Å²) in [6, 6.07) is -0.748. The van der Waals surface area contributed by atoms with Gasteiger partial charge in [-0.2, -0.15) is 5.10 Å². The van der Waals surface area contributed by atoms with E-state index in [0.29, 0.717) is 17.0 Å². The van der Waals surface area contributed by atoms with Crippen molar-refractivity contribution in [3.8, 4) is 0 Å². The van der Waals surface area contributed by atoms with Crippen molar-refractivity contribution in [1.82, 2.24) is 15.1 Å². The summed E-state index contributed by atoms with van der Waals surface area (Å²) in [4.78, 5) is 25.1. The Labute approximate surface area is 109 Å². The Hall–Kier alpha value is -1.50. The third-order valence-corrected chi connectivity index (χ3v) is 4.48. The predicted molar refractivity (Wildman–Crippen MR) is 67.5 cm³/mol. The number of hydrogen-bond acceptors (Lipinski definition) is 4. The van der Waals surface area contributed by atoms with E-state index in [-0.39, 0.29) is 11.3 Å². The van der Waals surface area contributed by atoms with Crippen LogP contribution in [0.2, 0.25) is 0 Å². The molecule has 0 aliphatic carbocycles. The molecule has 0 spiro atoms. The minimum atomic E-state index is -0.951. The van der Waals surface area contributed by atoms with E-state index < -0.39 is 12.0 Å². The average Bonchev–Trinajstić information content (AvgIpc) is 2.93. The van der Waals surface area contributed by atoms with Gasteiger partial charge in [-0.3, -0.25) is 9.89 Å². The molecule has 0 bridgehead atoms. The number of amides is 1. The number of hydrogen-bond donors (Lipinski definition) is 2. The molecule has 1 saturated heterocycles. The highest BCUT2D eigenvalue weighted by Gasteiger charge is 2.41. The maximum atomic E-state index is 12.4. The molecule has 1 aromatic heterocycles. The normalized spacial score (nSPS) is 23.3. The first kappa shape index (κ1) is 12.9. The second-order valence-corrected chi connectivity index (χ2v) is 5.38. The molecule has 6 nitrogen and oxygen atoms in total. The molecule has 2 N–H and O–H groups in total. The molecule has 0 saturated carbocycles. The van der Waals surface area contributed by atoms with Crippen LogP contribution in [0.1, 0.15) is 29.4 Å². The van der Waals surface area contributed by atoms with Crippen molar-refractivity contribution in [2.45, 2.75) is 31.7 Å². The highest BCUT2D eigenvalue weighted by Crippen LogP contribution is 2.32. The molecule has 2 rings (SSSR count). The molecule has 1 aliphatic heterocycles. The lowest BCUT2D eigenvalue weighted by molar-refractivity contribution is -0.141. The summed E-state index contributed by atoms with van der Waals surface area (Å²) < 4.78 is 0. The molecule has 7 heteroatoms. The molecule has 2 unspecified atom stereocenters. The number of aliphatic carboxylic acids is 1. The quantitative estimate of drug-likeness (QED) is 0.858. The largest absolute Gasteiger partial charge is 0.480 e. The summed E-state index contributed by atoms with van der Waals surface area (Å²) in [5, 5.41) is 15.6. The van der Waals surface area contributed by atoms with Crippen LogP contribution in [0.15, 0.2) is 6.20 Å². The minimum absolute atomic E-state index is 0.0760. The van der Waals surface area contributed by atoms with Gasteiger partial charge in [0.25, 0.3) is 5.91 Å². The average molecular weight is 269 g/mol. The molecule has 0 radical (unpaired) electrons. The lowest BCUT2D eigenvalue weighted by atomic mass is 10.2. The van der Waals surface area contributed by atoms with Gasteiger partial charge in [-0.25, -0.2) is 4.79 Å². The second-order valence-electron chi connectivity index (χ2n) is 4.17. The Bertz CT molecular complexity index is 474. The number of carbonyl (C=O) groups is 2. The Morgan fingerprint density at radius 3 is 2.89 bits per heavy atom. The van der Waals surface area contributed by atoms with Gasteiger partial charge in [-0.15, -0.1) is 11.8 Å². The third kappa shape index (κ3) is 2.10.